The van der Waals surface area contributed by atoms with Gasteiger partial charge in [-0.2, -0.15) is 0 Å². The molecule has 0 saturated heterocycles. The summed E-state index contributed by atoms with van der Waals surface area (Å²) in [5.41, 5.74) is 1.88. The van der Waals surface area contributed by atoms with Gasteiger partial charge in [0.1, 0.15) is 5.25 Å². The van der Waals surface area contributed by atoms with Crippen LogP contribution in [0.5, 0.6) is 0 Å². The van der Waals surface area contributed by atoms with E-state index in [1.807, 2.05) is 6.92 Å². The predicted molar refractivity (Wildman–Crippen MR) is 76.4 cm³/mol. The van der Waals surface area contributed by atoms with E-state index in [0.29, 0.717) is 4.90 Å². The molecule has 0 saturated carbocycles. The predicted octanol–water partition coefficient (Wildman–Crippen LogP) is 3.66. The van der Waals surface area contributed by atoms with Gasteiger partial charge in [0.25, 0.3) is 6.43 Å². The van der Waals surface area contributed by atoms with E-state index in [1.165, 1.54) is 0 Å². The molecule has 0 aromatic heterocycles. The molecule has 1 rings (SSSR count). The van der Waals surface area contributed by atoms with Crippen LogP contribution >= 0.6 is 0 Å². The van der Waals surface area contributed by atoms with E-state index in [9.17, 15) is 17.8 Å². The minimum atomic E-state index is -3.10. The molecule has 0 unspecified atom stereocenters. The van der Waals surface area contributed by atoms with Crippen molar-refractivity contribution in [2.75, 3.05) is 0 Å². The van der Waals surface area contributed by atoms with Gasteiger partial charge in [0.05, 0.1) is 10.8 Å². The second-order valence-corrected chi connectivity index (χ2v) is 6.45. The second-order valence-electron chi connectivity index (χ2n) is 4.82. The van der Waals surface area contributed by atoms with Crippen molar-refractivity contribution >= 4 is 16.6 Å². The highest BCUT2D eigenvalue weighted by molar-refractivity contribution is 7.86. The van der Waals surface area contributed by atoms with Crippen LogP contribution in [0.2, 0.25) is 0 Å². The van der Waals surface area contributed by atoms with Crippen LogP contribution < -0.4 is 0 Å². The lowest BCUT2D eigenvalue weighted by atomic mass is 10.1. The molecule has 110 valence electrons. The zero-order valence-corrected chi connectivity index (χ0v) is 12.5. The van der Waals surface area contributed by atoms with Gasteiger partial charge in [-0.3, -0.25) is 9.00 Å². The Labute approximate surface area is 120 Å². The Kier molecular flexibility index (Phi) is 6.20. The van der Waals surface area contributed by atoms with Crippen molar-refractivity contribution in [2.24, 2.45) is 0 Å². The lowest BCUT2D eigenvalue weighted by Gasteiger charge is -2.14. The van der Waals surface area contributed by atoms with Crippen molar-refractivity contribution in [1.29, 1.82) is 0 Å². The molecule has 20 heavy (non-hydrogen) atoms. The third-order valence-electron chi connectivity index (χ3n) is 2.78. The van der Waals surface area contributed by atoms with E-state index in [2.05, 4.69) is 0 Å². The van der Waals surface area contributed by atoms with Crippen LogP contribution in [0.3, 0.4) is 0 Å². The van der Waals surface area contributed by atoms with Crippen LogP contribution in [0.15, 0.2) is 40.8 Å². The molecule has 0 fully saturated rings. The Morgan fingerprint density at radius 3 is 2.25 bits per heavy atom. The zero-order chi connectivity index (χ0) is 15.3. The van der Waals surface area contributed by atoms with Gasteiger partial charge < -0.3 is 0 Å². The fraction of sp³-hybridized carbons (Fsp3) is 0.400. The summed E-state index contributed by atoms with van der Waals surface area (Å²) in [6.07, 6.45) is -1.37. The molecule has 2 atom stereocenters. The second kappa shape index (κ2) is 7.43. The molecule has 0 spiro atoms. The van der Waals surface area contributed by atoms with E-state index in [0.717, 1.165) is 11.1 Å². The first-order chi connectivity index (χ1) is 9.32. The number of ketones is 1. The molecule has 0 N–H and O–H groups in total. The average molecular weight is 300 g/mol. The fourth-order valence-electron chi connectivity index (χ4n) is 1.63. The van der Waals surface area contributed by atoms with Gasteiger partial charge in [0.15, 0.2) is 0 Å². The molecule has 0 aliphatic carbocycles. The normalized spacial score (nSPS) is 13.9. The van der Waals surface area contributed by atoms with Gasteiger partial charge in [-0.25, -0.2) is 8.78 Å². The van der Waals surface area contributed by atoms with E-state index < -0.39 is 28.3 Å². The van der Waals surface area contributed by atoms with Crippen LogP contribution in [0.4, 0.5) is 8.78 Å². The Balaban J connectivity index is 3.03. The van der Waals surface area contributed by atoms with Crippen LogP contribution in [-0.4, -0.2) is 21.7 Å². The topological polar surface area (TPSA) is 34.1 Å². The lowest BCUT2D eigenvalue weighted by molar-refractivity contribution is -0.128. The van der Waals surface area contributed by atoms with Crippen LogP contribution in [0.1, 0.15) is 25.8 Å². The van der Waals surface area contributed by atoms with E-state index >= 15 is 0 Å². The number of benzene rings is 1. The molecule has 2 nitrogen and oxygen atoms in total. The van der Waals surface area contributed by atoms with Gasteiger partial charge in [0, 0.05) is 4.90 Å². The van der Waals surface area contributed by atoms with Crippen molar-refractivity contribution in [2.45, 2.75) is 43.8 Å². The average Bonchev–Trinajstić information content (AvgIpc) is 2.38. The van der Waals surface area contributed by atoms with Gasteiger partial charge in [-0.05, 0) is 39.3 Å². The van der Waals surface area contributed by atoms with E-state index in [1.54, 1.807) is 44.2 Å². The maximum Gasteiger partial charge on any atom is 0.297 e. The molecule has 0 aliphatic heterocycles. The third kappa shape index (κ3) is 4.63. The minimum Gasteiger partial charge on any atom is -0.292 e. The summed E-state index contributed by atoms with van der Waals surface area (Å²) in [6.45, 7) is 5.48. The molecule has 0 amide bonds. The number of rotatable bonds is 6. The number of carbonyl (C=O) groups is 1. The maximum absolute atomic E-state index is 12.6. The molecular formula is C15H18F2O2S. The first kappa shape index (κ1) is 16.7. The summed E-state index contributed by atoms with van der Waals surface area (Å²) in [5.74, 6) is -1.26. The quantitative estimate of drug-likeness (QED) is 0.751. The molecular weight excluding hydrogens is 282 g/mol. The molecule has 0 bridgehead atoms. The number of allylic oxidation sites excluding steroid dienone is 2. The largest absolute Gasteiger partial charge is 0.297 e. The summed E-state index contributed by atoms with van der Waals surface area (Å²) >= 11 is 0. The smallest absolute Gasteiger partial charge is 0.292 e. The van der Waals surface area contributed by atoms with Crippen molar-refractivity contribution in [3.05, 3.63) is 41.5 Å². The van der Waals surface area contributed by atoms with Crippen molar-refractivity contribution in [3.63, 3.8) is 0 Å². The number of aryl methyl sites for hydroxylation is 1. The van der Waals surface area contributed by atoms with Crippen LogP contribution in [0.25, 0.3) is 0 Å². The fourth-order valence-corrected chi connectivity index (χ4v) is 2.95. The molecule has 0 heterocycles. The summed E-state index contributed by atoms with van der Waals surface area (Å²) < 4.78 is 37.6. The van der Waals surface area contributed by atoms with Gasteiger partial charge in [0.2, 0.25) is 5.78 Å². The Morgan fingerprint density at radius 1 is 1.25 bits per heavy atom. The van der Waals surface area contributed by atoms with Crippen LogP contribution in [-0.2, 0) is 15.6 Å². The number of halogens is 2. The number of alkyl halides is 2. The highest BCUT2D eigenvalue weighted by Gasteiger charge is 2.31. The molecule has 5 heteroatoms. The number of carbonyl (C=O) groups excluding carboxylic acids is 1. The first-order valence-corrected chi connectivity index (χ1v) is 7.46. The monoisotopic (exact) mass is 300 g/mol. The molecule has 1 aromatic carbocycles. The summed E-state index contributed by atoms with van der Waals surface area (Å²) in [6, 6.07) is 6.72. The highest BCUT2D eigenvalue weighted by atomic mass is 32.2. The molecule has 0 aliphatic rings. The van der Waals surface area contributed by atoms with Crippen molar-refractivity contribution < 1.29 is 17.8 Å². The molecule has 1 aromatic rings. The summed E-state index contributed by atoms with van der Waals surface area (Å²) in [4.78, 5) is 12.0. The third-order valence-corrected chi connectivity index (χ3v) is 4.46. The maximum atomic E-state index is 12.6. The van der Waals surface area contributed by atoms with Gasteiger partial charge >= 0.3 is 0 Å². The van der Waals surface area contributed by atoms with Crippen molar-refractivity contribution in [3.8, 4) is 0 Å². The first-order valence-electron chi connectivity index (χ1n) is 6.25. The molecule has 0 radical (unpaired) electrons. The van der Waals surface area contributed by atoms with Crippen molar-refractivity contribution in [1.82, 2.24) is 0 Å². The lowest BCUT2D eigenvalue weighted by Crippen LogP contribution is -2.31. The number of hydrogen-bond donors (Lipinski definition) is 0. The highest BCUT2D eigenvalue weighted by Crippen LogP contribution is 2.19. The standard InChI is InChI=1S/C15H18F2O2S/c1-10(2)4-9-13(14(18)15(16)17)20(19)12-7-5-11(3)6-8-12/h4-8,13,15H,9H2,1-3H3/t13-,20+/m1/s1. The van der Waals surface area contributed by atoms with E-state index in [4.69, 9.17) is 0 Å². The minimum absolute atomic E-state index is 0.0615. The summed E-state index contributed by atoms with van der Waals surface area (Å²) in [7, 11) is -1.77. The zero-order valence-electron chi connectivity index (χ0n) is 11.7. The number of Topliss-reactive ketones (excluding diaryl/α,β-unsaturated/α-hetero) is 1. The Hall–Kier alpha value is -1.36. The summed E-state index contributed by atoms with van der Waals surface area (Å²) in [5, 5.41) is -1.20. The Morgan fingerprint density at radius 2 is 1.80 bits per heavy atom. The van der Waals surface area contributed by atoms with Gasteiger partial charge in [-0.1, -0.05) is 29.3 Å². The van der Waals surface area contributed by atoms with E-state index in [-0.39, 0.29) is 6.42 Å². The SMILES string of the molecule is CC(C)=CC[C@H](C(=O)C(F)F)[S@@](=O)c1ccc(C)cc1. The van der Waals surface area contributed by atoms with Gasteiger partial charge in [-0.15, -0.1) is 0 Å². The Bertz CT molecular complexity index is 517. The number of hydrogen-bond acceptors (Lipinski definition) is 2. The van der Waals surface area contributed by atoms with Crippen LogP contribution in [0, 0.1) is 6.92 Å².